The lowest BCUT2D eigenvalue weighted by Gasteiger charge is -2.09. The van der Waals surface area contributed by atoms with Crippen LogP contribution in [0.5, 0.6) is 5.75 Å². The van der Waals surface area contributed by atoms with E-state index in [2.05, 4.69) is 31.1 Å². The summed E-state index contributed by atoms with van der Waals surface area (Å²) in [5, 5.41) is 7.50. The lowest BCUT2D eigenvalue weighted by molar-refractivity contribution is -0.0498. The molecule has 1 aromatic carbocycles. The van der Waals surface area contributed by atoms with Crippen molar-refractivity contribution in [2.45, 2.75) is 20.1 Å². The summed E-state index contributed by atoms with van der Waals surface area (Å²) in [6, 6.07) is 6.37. The summed E-state index contributed by atoms with van der Waals surface area (Å²) in [4.78, 5) is 0. The van der Waals surface area contributed by atoms with Crippen molar-refractivity contribution in [3.63, 3.8) is 0 Å². The fourth-order valence-electron chi connectivity index (χ4n) is 1.81. The van der Waals surface area contributed by atoms with Gasteiger partial charge in [0.1, 0.15) is 5.75 Å². The Hall–Kier alpha value is -1.63. The van der Waals surface area contributed by atoms with Crippen LogP contribution >= 0.6 is 15.9 Å². The summed E-state index contributed by atoms with van der Waals surface area (Å²) in [6.07, 6.45) is 0. The number of rotatable bonds is 5. The molecule has 0 aliphatic carbocycles. The average Bonchev–Trinajstić information content (AvgIpc) is 2.62. The maximum Gasteiger partial charge on any atom is 0.387 e. The number of aromatic nitrogens is 2. The fraction of sp³-hybridized carbons (Fsp3) is 0.308. The van der Waals surface area contributed by atoms with Gasteiger partial charge in [0, 0.05) is 12.7 Å². The van der Waals surface area contributed by atoms with E-state index in [0.717, 1.165) is 21.5 Å². The molecule has 0 saturated carbocycles. The third-order valence-corrected chi connectivity index (χ3v) is 3.83. The second-order valence-corrected chi connectivity index (χ2v) is 5.02. The molecule has 1 N–H and O–H groups in total. The van der Waals surface area contributed by atoms with Crippen LogP contribution < -0.4 is 10.1 Å². The number of anilines is 1. The molecule has 7 heteroatoms. The van der Waals surface area contributed by atoms with Gasteiger partial charge in [-0.1, -0.05) is 0 Å². The first-order chi connectivity index (χ1) is 9.47. The van der Waals surface area contributed by atoms with E-state index in [-0.39, 0.29) is 5.75 Å². The number of nitrogens with zero attached hydrogens (tertiary/aromatic N) is 2. The summed E-state index contributed by atoms with van der Waals surface area (Å²) in [5.41, 5.74) is 2.75. The Morgan fingerprint density at radius 1 is 1.35 bits per heavy atom. The molecule has 1 aromatic heterocycles. The van der Waals surface area contributed by atoms with Crippen LogP contribution in [-0.4, -0.2) is 16.4 Å². The molecule has 4 nitrogen and oxygen atoms in total. The number of hydrogen-bond donors (Lipinski definition) is 1. The lowest BCUT2D eigenvalue weighted by Crippen LogP contribution is -2.06. The number of nitrogens with one attached hydrogen (secondary N) is 1. The molecule has 2 rings (SSSR count). The SMILES string of the molecule is Cc1nn(C)c(CNc2ccc(OC(F)F)cc2)c1Br. The highest BCUT2D eigenvalue weighted by molar-refractivity contribution is 9.10. The molecule has 2 aromatic rings. The van der Waals surface area contributed by atoms with Crippen LogP contribution in [0.15, 0.2) is 28.7 Å². The number of aryl methyl sites for hydroxylation is 2. The molecule has 0 bridgehead atoms. The highest BCUT2D eigenvalue weighted by Gasteiger charge is 2.10. The Kier molecular flexibility index (Phi) is 4.59. The molecular formula is C13H14BrF2N3O. The first kappa shape index (κ1) is 14.8. The van der Waals surface area contributed by atoms with E-state index in [1.807, 2.05) is 14.0 Å². The number of alkyl halides is 2. The first-order valence-corrected chi connectivity index (χ1v) is 6.73. The largest absolute Gasteiger partial charge is 0.435 e. The molecule has 0 radical (unpaired) electrons. The van der Waals surface area contributed by atoms with Crippen LogP contribution in [0.25, 0.3) is 0 Å². The van der Waals surface area contributed by atoms with Gasteiger partial charge in [-0.05, 0) is 47.1 Å². The molecule has 0 aliphatic rings. The van der Waals surface area contributed by atoms with Crippen LogP contribution in [0.1, 0.15) is 11.4 Å². The molecule has 0 spiro atoms. The van der Waals surface area contributed by atoms with Crippen molar-refractivity contribution < 1.29 is 13.5 Å². The Morgan fingerprint density at radius 2 is 2.00 bits per heavy atom. The van der Waals surface area contributed by atoms with Crippen molar-refractivity contribution in [3.8, 4) is 5.75 Å². The summed E-state index contributed by atoms with van der Waals surface area (Å²) < 4.78 is 31.1. The van der Waals surface area contributed by atoms with E-state index in [1.54, 1.807) is 16.8 Å². The van der Waals surface area contributed by atoms with Gasteiger partial charge in [0.05, 0.1) is 22.4 Å². The van der Waals surface area contributed by atoms with Crippen LogP contribution in [0.2, 0.25) is 0 Å². The van der Waals surface area contributed by atoms with E-state index in [0.29, 0.717) is 6.54 Å². The minimum Gasteiger partial charge on any atom is -0.435 e. The molecule has 0 atom stereocenters. The predicted molar refractivity (Wildman–Crippen MR) is 76.0 cm³/mol. The van der Waals surface area contributed by atoms with Gasteiger partial charge < -0.3 is 10.1 Å². The highest BCUT2D eigenvalue weighted by atomic mass is 79.9. The number of benzene rings is 1. The average molecular weight is 346 g/mol. The van der Waals surface area contributed by atoms with E-state index in [4.69, 9.17) is 0 Å². The topological polar surface area (TPSA) is 39.1 Å². The highest BCUT2D eigenvalue weighted by Crippen LogP contribution is 2.22. The number of halogens is 3. The molecule has 0 saturated heterocycles. The van der Waals surface area contributed by atoms with Gasteiger partial charge in [0.15, 0.2) is 0 Å². The molecule has 1 heterocycles. The zero-order valence-corrected chi connectivity index (χ0v) is 12.6. The van der Waals surface area contributed by atoms with E-state index in [1.165, 1.54) is 12.1 Å². The van der Waals surface area contributed by atoms with Gasteiger partial charge in [-0.15, -0.1) is 0 Å². The van der Waals surface area contributed by atoms with Crippen LogP contribution in [0.4, 0.5) is 14.5 Å². The van der Waals surface area contributed by atoms with Gasteiger partial charge >= 0.3 is 6.61 Å². The molecular weight excluding hydrogens is 332 g/mol. The third-order valence-electron chi connectivity index (χ3n) is 2.80. The summed E-state index contributed by atoms with van der Waals surface area (Å²) in [6.45, 7) is -0.306. The minimum absolute atomic E-state index is 0.142. The Morgan fingerprint density at radius 3 is 2.50 bits per heavy atom. The number of hydrogen-bond acceptors (Lipinski definition) is 3. The Bertz CT molecular complexity index is 584. The second kappa shape index (κ2) is 6.21. The standard InChI is InChI=1S/C13H14BrF2N3O/c1-8-12(14)11(19(2)18-8)7-17-9-3-5-10(6-4-9)20-13(15)16/h3-6,13,17H,7H2,1-2H3. The molecule has 0 unspecified atom stereocenters. The molecule has 0 aliphatic heterocycles. The van der Waals surface area contributed by atoms with Crippen LogP contribution in [0.3, 0.4) is 0 Å². The third kappa shape index (κ3) is 3.47. The van der Waals surface area contributed by atoms with Gasteiger partial charge in [-0.25, -0.2) is 0 Å². The van der Waals surface area contributed by atoms with Crippen LogP contribution in [0, 0.1) is 6.92 Å². The molecule has 0 amide bonds. The second-order valence-electron chi connectivity index (χ2n) is 4.23. The smallest absolute Gasteiger partial charge is 0.387 e. The Labute approximate surface area is 123 Å². The molecule has 108 valence electrons. The normalized spacial score (nSPS) is 10.9. The van der Waals surface area contributed by atoms with Gasteiger partial charge in [-0.3, -0.25) is 4.68 Å². The fourth-order valence-corrected chi connectivity index (χ4v) is 2.29. The lowest BCUT2D eigenvalue weighted by atomic mass is 10.3. The van der Waals surface area contributed by atoms with Crippen molar-refractivity contribution in [1.29, 1.82) is 0 Å². The van der Waals surface area contributed by atoms with Gasteiger partial charge in [0.25, 0.3) is 0 Å². The predicted octanol–water partition coefficient (Wildman–Crippen LogP) is 3.70. The maximum atomic E-state index is 12.0. The maximum absolute atomic E-state index is 12.0. The van der Waals surface area contributed by atoms with Crippen molar-refractivity contribution in [2.24, 2.45) is 7.05 Å². The minimum atomic E-state index is -2.80. The molecule has 0 fully saturated rings. The zero-order valence-electron chi connectivity index (χ0n) is 11.0. The van der Waals surface area contributed by atoms with E-state index < -0.39 is 6.61 Å². The number of ether oxygens (including phenoxy) is 1. The van der Waals surface area contributed by atoms with E-state index in [9.17, 15) is 8.78 Å². The first-order valence-electron chi connectivity index (χ1n) is 5.94. The summed E-state index contributed by atoms with van der Waals surface area (Å²) >= 11 is 3.49. The van der Waals surface area contributed by atoms with Gasteiger partial charge in [-0.2, -0.15) is 13.9 Å². The van der Waals surface area contributed by atoms with Crippen molar-refractivity contribution >= 4 is 21.6 Å². The summed E-state index contributed by atoms with van der Waals surface area (Å²) in [5.74, 6) is 0.142. The zero-order chi connectivity index (χ0) is 14.7. The Balaban J connectivity index is 2.00. The van der Waals surface area contributed by atoms with Crippen molar-refractivity contribution in [1.82, 2.24) is 9.78 Å². The van der Waals surface area contributed by atoms with E-state index >= 15 is 0 Å². The van der Waals surface area contributed by atoms with Crippen LogP contribution in [-0.2, 0) is 13.6 Å². The van der Waals surface area contributed by atoms with Crippen molar-refractivity contribution in [2.75, 3.05) is 5.32 Å². The monoisotopic (exact) mass is 345 g/mol. The molecule has 20 heavy (non-hydrogen) atoms. The van der Waals surface area contributed by atoms with Crippen molar-refractivity contribution in [3.05, 3.63) is 40.1 Å². The quantitative estimate of drug-likeness (QED) is 0.897. The van der Waals surface area contributed by atoms with Gasteiger partial charge in [0.2, 0.25) is 0 Å². The summed E-state index contributed by atoms with van der Waals surface area (Å²) in [7, 11) is 1.87.